The van der Waals surface area contributed by atoms with Gasteiger partial charge in [-0.25, -0.2) is 8.78 Å². The maximum absolute atomic E-state index is 14.5. The first-order valence-corrected chi connectivity index (χ1v) is 14.9. The number of pyridine rings is 1. The van der Waals surface area contributed by atoms with Crippen LogP contribution in [0.2, 0.25) is 0 Å². The lowest BCUT2D eigenvalue weighted by atomic mass is 9.94. The second kappa shape index (κ2) is 11.4. The fourth-order valence-electron chi connectivity index (χ4n) is 6.44. The lowest BCUT2D eigenvalue weighted by Crippen LogP contribution is -2.38. The number of aromatic nitrogens is 2. The van der Waals surface area contributed by atoms with Gasteiger partial charge in [0.1, 0.15) is 18.2 Å². The van der Waals surface area contributed by atoms with Crippen LogP contribution in [0.4, 0.5) is 22.0 Å². The molecular weight excluding hydrogens is 597 g/mol. The third-order valence-corrected chi connectivity index (χ3v) is 8.90. The van der Waals surface area contributed by atoms with E-state index in [2.05, 4.69) is 0 Å². The second-order valence-electron chi connectivity index (χ2n) is 11.7. The molecule has 7 rings (SSSR count). The average molecular weight is 626 g/mol. The van der Waals surface area contributed by atoms with E-state index >= 15 is 0 Å². The number of para-hydroxylation sites is 1. The number of fused-ring (bicyclic) bond motifs is 3. The van der Waals surface area contributed by atoms with Gasteiger partial charge in [-0.15, -0.1) is 0 Å². The Bertz CT molecular complexity index is 2150. The molecule has 0 N–H and O–H groups in total. The molecule has 2 aromatic heterocycles. The molecule has 9 heteroatoms. The van der Waals surface area contributed by atoms with E-state index in [4.69, 9.17) is 4.98 Å². The van der Waals surface area contributed by atoms with Gasteiger partial charge >= 0.3 is 6.18 Å². The molecule has 0 spiro atoms. The van der Waals surface area contributed by atoms with Gasteiger partial charge in [0.05, 0.1) is 11.1 Å². The van der Waals surface area contributed by atoms with Crippen LogP contribution in [0.25, 0.3) is 32.9 Å². The number of halogens is 5. The van der Waals surface area contributed by atoms with Gasteiger partial charge in [-0.2, -0.15) is 13.2 Å². The van der Waals surface area contributed by atoms with Crippen molar-refractivity contribution in [3.05, 3.63) is 136 Å². The fourth-order valence-corrected chi connectivity index (χ4v) is 6.44. The van der Waals surface area contributed by atoms with Gasteiger partial charge in [0, 0.05) is 47.2 Å². The first-order valence-electron chi connectivity index (χ1n) is 14.9. The van der Waals surface area contributed by atoms with Crippen LogP contribution in [0, 0.1) is 18.6 Å². The molecule has 1 aliphatic rings. The number of hydrogen-bond donors (Lipinski definition) is 0. The van der Waals surface area contributed by atoms with E-state index in [0.29, 0.717) is 31.5 Å². The van der Waals surface area contributed by atoms with Crippen molar-refractivity contribution >= 4 is 27.7 Å². The number of alkyl halides is 3. The molecule has 0 saturated heterocycles. The summed E-state index contributed by atoms with van der Waals surface area (Å²) in [6, 6.07) is 24.8. The summed E-state index contributed by atoms with van der Waals surface area (Å²) in [5.41, 5.74) is 5.63. The Morgan fingerprint density at radius 3 is 2.48 bits per heavy atom. The van der Waals surface area contributed by atoms with Gasteiger partial charge < -0.3 is 9.47 Å². The number of amides is 1. The minimum absolute atomic E-state index is 0.0718. The molecule has 0 radical (unpaired) electrons. The number of nitrogens with zero attached hydrogens (tertiary/aromatic N) is 3. The summed E-state index contributed by atoms with van der Waals surface area (Å²) in [4.78, 5) is 20.3. The van der Waals surface area contributed by atoms with Gasteiger partial charge in [-0.05, 0) is 83.6 Å². The Morgan fingerprint density at radius 1 is 0.870 bits per heavy atom. The third-order valence-electron chi connectivity index (χ3n) is 8.90. The van der Waals surface area contributed by atoms with Crippen molar-refractivity contribution in [1.82, 2.24) is 14.5 Å². The maximum atomic E-state index is 14.5. The number of benzene rings is 4. The van der Waals surface area contributed by atoms with Crippen LogP contribution in [0.1, 0.15) is 33.6 Å². The third kappa shape index (κ3) is 5.50. The van der Waals surface area contributed by atoms with Crippen molar-refractivity contribution in [3.63, 3.8) is 0 Å². The molecular formula is C37H28F5N3O. The summed E-state index contributed by atoms with van der Waals surface area (Å²) >= 11 is 0. The fraction of sp³-hybridized carbons (Fsp3) is 0.189. The van der Waals surface area contributed by atoms with E-state index in [1.54, 1.807) is 17.0 Å². The number of carbonyl (C=O) groups excluding carboxylic acids is 1. The van der Waals surface area contributed by atoms with E-state index in [0.717, 1.165) is 62.0 Å². The molecule has 1 amide bonds. The first-order chi connectivity index (χ1) is 22.0. The summed E-state index contributed by atoms with van der Waals surface area (Å²) in [5, 5.41) is 1.78. The minimum Gasteiger partial charge on any atom is -0.336 e. The molecule has 3 heterocycles. The normalized spacial score (nSPS) is 13.4. The van der Waals surface area contributed by atoms with Gasteiger partial charge in [0.15, 0.2) is 0 Å². The molecule has 6 aromatic rings. The van der Waals surface area contributed by atoms with E-state index in [-0.39, 0.29) is 23.8 Å². The van der Waals surface area contributed by atoms with Crippen LogP contribution in [-0.4, -0.2) is 26.9 Å². The Labute approximate surface area is 261 Å². The Hall–Kier alpha value is -5.05. The Morgan fingerprint density at radius 2 is 1.65 bits per heavy atom. The molecule has 0 unspecified atom stereocenters. The SMILES string of the molecule is Cc1c(Cc2ccc3ccccc3n2)c2cc(F)ccc2n1CC(=O)N1CCc2cc(-c3ccc(F)c(C(F)(F)F)c3)ccc2C1. The number of rotatable bonds is 5. The molecule has 0 aliphatic carbocycles. The summed E-state index contributed by atoms with van der Waals surface area (Å²) in [6.07, 6.45) is -3.78. The smallest absolute Gasteiger partial charge is 0.336 e. The van der Waals surface area contributed by atoms with Crippen LogP contribution < -0.4 is 0 Å². The zero-order valence-electron chi connectivity index (χ0n) is 24.8. The number of hydrogen-bond acceptors (Lipinski definition) is 2. The molecule has 232 valence electrons. The summed E-state index contributed by atoms with van der Waals surface area (Å²) in [6.45, 7) is 2.80. The van der Waals surface area contributed by atoms with Crippen LogP contribution in [-0.2, 0) is 36.9 Å². The highest BCUT2D eigenvalue weighted by molar-refractivity contribution is 5.88. The van der Waals surface area contributed by atoms with Gasteiger partial charge in [-0.1, -0.05) is 48.5 Å². The van der Waals surface area contributed by atoms with Gasteiger partial charge in [0.25, 0.3) is 0 Å². The average Bonchev–Trinajstić information content (AvgIpc) is 3.29. The molecule has 0 bridgehead atoms. The predicted octanol–water partition coefficient (Wildman–Crippen LogP) is 8.64. The van der Waals surface area contributed by atoms with E-state index in [1.165, 1.54) is 18.2 Å². The Kier molecular flexibility index (Phi) is 7.34. The van der Waals surface area contributed by atoms with Crippen molar-refractivity contribution in [2.45, 2.75) is 39.0 Å². The van der Waals surface area contributed by atoms with Crippen molar-refractivity contribution in [2.24, 2.45) is 0 Å². The molecule has 4 aromatic carbocycles. The van der Waals surface area contributed by atoms with Gasteiger partial charge in [-0.3, -0.25) is 9.78 Å². The van der Waals surface area contributed by atoms with Crippen LogP contribution in [0.3, 0.4) is 0 Å². The first kappa shape index (κ1) is 29.6. The van der Waals surface area contributed by atoms with Crippen LogP contribution in [0.5, 0.6) is 0 Å². The molecule has 0 atom stereocenters. The minimum atomic E-state index is -4.79. The predicted molar refractivity (Wildman–Crippen MR) is 167 cm³/mol. The van der Waals surface area contributed by atoms with Crippen molar-refractivity contribution in [3.8, 4) is 11.1 Å². The van der Waals surface area contributed by atoms with E-state index < -0.39 is 17.6 Å². The zero-order valence-corrected chi connectivity index (χ0v) is 24.8. The molecule has 0 saturated carbocycles. The summed E-state index contributed by atoms with van der Waals surface area (Å²) in [5.74, 6) is -1.76. The molecule has 0 fully saturated rings. The zero-order chi connectivity index (χ0) is 32.2. The standard InChI is InChI=1S/C37H28F5N3O/c1-22-30(19-29-11-8-23-4-2-3-5-34(23)43-29)31-18-28(38)10-13-35(31)45(22)21-36(46)44-15-14-26-16-24(6-7-27(26)20-44)25-9-12-33(39)32(17-25)37(40,41)42/h2-13,16-18H,14-15,19-21H2,1H3. The van der Waals surface area contributed by atoms with Gasteiger partial charge in [0.2, 0.25) is 5.91 Å². The van der Waals surface area contributed by atoms with Crippen molar-refractivity contribution in [1.29, 1.82) is 0 Å². The van der Waals surface area contributed by atoms with Crippen LogP contribution >= 0.6 is 0 Å². The Balaban J connectivity index is 1.13. The van der Waals surface area contributed by atoms with E-state index in [9.17, 15) is 26.7 Å². The van der Waals surface area contributed by atoms with Crippen molar-refractivity contribution in [2.75, 3.05) is 6.54 Å². The quantitative estimate of drug-likeness (QED) is 0.180. The second-order valence-corrected chi connectivity index (χ2v) is 11.7. The highest BCUT2D eigenvalue weighted by Gasteiger charge is 2.34. The highest BCUT2D eigenvalue weighted by Crippen LogP contribution is 2.35. The number of carbonyl (C=O) groups is 1. The molecule has 4 nitrogen and oxygen atoms in total. The molecule has 46 heavy (non-hydrogen) atoms. The topological polar surface area (TPSA) is 38.1 Å². The van der Waals surface area contributed by atoms with Crippen LogP contribution in [0.15, 0.2) is 91.0 Å². The highest BCUT2D eigenvalue weighted by atomic mass is 19.4. The van der Waals surface area contributed by atoms with Crippen molar-refractivity contribution < 1.29 is 26.7 Å². The summed E-state index contributed by atoms with van der Waals surface area (Å²) < 4.78 is 70.0. The molecule has 1 aliphatic heterocycles. The monoisotopic (exact) mass is 625 g/mol. The summed E-state index contributed by atoms with van der Waals surface area (Å²) in [7, 11) is 0. The lowest BCUT2D eigenvalue weighted by molar-refractivity contribution is -0.140. The lowest BCUT2D eigenvalue weighted by Gasteiger charge is -2.30. The van der Waals surface area contributed by atoms with E-state index in [1.807, 2.05) is 60.0 Å². The maximum Gasteiger partial charge on any atom is 0.419 e. The largest absolute Gasteiger partial charge is 0.419 e.